The quantitative estimate of drug-likeness (QED) is 0.647. The molecule has 0 atom stereocenters. The van der Waals surface area contributed by atoms with Gasteiger partial charge in [-0.15, -0.1) is 0 Å². The van der Waals surface area contributed by atoms with Crippen LogP contribution in [0.4, 0.5) is 5.69 Å². The molecule has 0 bridgehead atoms. The van der Waals surface area contributed by atoms with Crippen LogP contribution in [0, 0.1) is 0 Å². The van der Waals surface area contributed by atoms with Crippen molar-refractivity contribution < 1.29 is 22.7 Å². The number of para-hydroxylation sites is 2. The maximum Gasteiger partial charge on any atom is 0.264 e. The number of carbonyl (C=O) groups excluding carboxylic acids is 2. The molecule has 3 aromatic rings. The summed E-state index contributed by atoms with van der Waals surface area (Å²) in [5.41, 5.74) is 0.720. The first-order valence-corrected chi connectivity index (χ1v) is 10.1. The molecule has 0 saturated carbocycles. The minimum absolute atomic E-state index is 0.0847. The first kappa shape index (κ1) is 20.1. The monoisotopic (exact) mass is 410 g/mol. The number of anilines is 1. The van der Waals surface area contributed by atoms with Crippen LogP contribution in [0.25, 0.3) is 0 Å². The van der Waals surface area contributed by atoms with Crippen LogP contribution in [0.1, 0.15) is 17.3 Å². The topological polar surface area (TPSA) is 102 Å². The van der Waals surface area contributed by atoms with Gasteiger partial charge in [-0.1, -0.05) is 30.3 Å². The Labute approximate surface area is 168 Å². The highest BCUT2D eigenvalue weighted by Gasteiger charge is 2.16. The Morgan fingerprint density at radius 3 is 2.10 bits per heavy atom. The van der Waals surface area contributed by atoms with Gasteiger partial charge in [0.2, 0.25) is 5.91 Å². The van der Waals surface area contributed by atoms with Crippen LogP contribution in [0.5, 0.6) is 11.5 Å². The Hall–Kier alpha value is -3.65. The fraction of sp³-hybridized carbons (Fsp3) is 0.0476. The van der Waals surface area contributed by atoms with E-state index in [1.807, 2.05) is 22.9 Å². The van der Waals surface area contributed by atoms with E-state index in [4.69, 9.17) is 4.74 Å². The maximum absolute atomic E-state index is 12.7. The van der Waals surface area contributed by atoms with Gasteiger partial charge in [-0.05, 0) is 48.5 Å². The molecule has 0 fully saturated rings. The molecule has 0 aliphatic heterocycles. The van der Waals surface area contributed by atoms with Gasteiger partial charge in [-0.3, -0.25) is 9.59 Å². The molecule has 0 aliphatic carbocycles. The second-order valence-electron chi connectivity index (χ2n) is 6.05. The summed E-state index contributed by atoms with van der Waals surface area (Å²) in [6, 6.07) is 21.3. The number of hydrogen-bond acceptors (Lipinski definition) is 5. The summed E-state index contributed by atoms with van der Waals surface area (Å²) in [5.74, 6) is -0.104. The summed E-state index contributed by atoms with van der Waals surface area (Å²) in [7, 11) is -3.93. The Kier molecular flexibility index (Phi) is 5.94. The van der Waals surface area contributed by atoms with E-state index in [1.54, 1.807) is 36.4 Å². The highest BCUT2D eigenvalue weighted by Crippen LogP contribution is 2.26. The van der Waals surface area contributed by atoms with Crippen molar-refractivity contribution in [2.45, 2.75) is 11.8 Å². The van der Waals surface area contributed by atoms with Crippen LogP contribution < -0.4 is 14.8 Å². The first-order valence-electron chi connectivity index (χ1n) is 8.62. The molecule has 0 aliphatic rings. The van der Waals surface area contributed by atoms with Gasteiger partial charge in [-0.2, -0.15) is 0 Å². The highest BCUT2D eigenvalue weighted by atomic mass is 32.2. The third kappa shape index (κ3) is 5.20. The number of amides is 2. The molecule has 0 spiro atoms. The average Bonchev–Trinajstić information content (AvgIpc) is 2.68. The van der Waals surface area contributed by atoms with Gasteiger partial charge < -0.3 is 10.1 Å². The average molecular weight is 410 g/mol. The molecule has 0 radical (unpaired) electrons. The lowest BCUT2D eigenvalue weighted by Crippen LogP contribution is -2.28. The van der Waals surface area contributed by atoms with Crippen LogP contribution >= 0.6 is 0 Å². The van der Waals surface area contributed by atoms with Gasteiger partial charge in [0.25, 0.3) is 15.9 Å². The molecule has 3 aromatic carbocycles. The minimum atomic E-state index is -3.93. The maximum atomic E-state index is 12.7. The zero-order chi connectivity index (χ0) is 20.9. The predicted molar refractivity (Wildman–Crippen MR) is 108 cm³/mol. The Balaban J connectivity index is 1.77. The van der Waals surface area contributed by atoms with Crippen LogP contribution in [0.3, 0.4) is 0 Å². The molecule has 3 rings (SSSR count). The Morgan fingerprint density at radius 2 is 1.45 bits per heavy atom. The van der Waals surface area contributed by atoms with Crippen LogP contribution in [0.15, 0.2) is 83.8 Å². The molecule has 8 heteroatoms. The SMILES string of the molecule is CC(=O)NS(=O)(=O)c1ccc(NC(=O)c2ccccc2Oc2ccccc2)cc1. The van der Waals surface area contributed by atoms with Crippen molar-refractivity contribution in [1.82, 2.24) is 4.72 Å². The highest BCUT2D eigenvalue weighted by molar-refractivity contribution is 7.90. The summed E-state index contributed by atoms with van der Waals surface area (Å²) < 4.78 is 31.6. The van der Waals surface area contributed by atoms with Crippen molar-refractivity contribution in [2.75, 3.05) is 5.32 Å². The van der Waals surface area contributed by atoms with Gasteiger partial charge >= 0.3 is 0 Å². The lowest BCUT2D eigenvalue weighted by Gasteiger charge is -2.12. The number of nitrogens with one attached hydrogen (secondary N) is 2. The van der Waals surface area contributed by atoms with Crippen molar-refractivity contribution in [3.05, 3.63) is 84.4 Å². The van der Waals surface area contributed by atoms with E-state index in [0.717, 1.165) is 6.92 Å². The number of ether oxygens (including phenoxy) is 1. The van der Waals surface area contributed by atoms with Crippen LogP contribution in [0.2, 0.25) is 0 Å². The van der Waals surface area contributed by atoms with Crippen LogP contribution in [-0.2, 0) is 14.8 Å². The zero-order valence-corrected chi connectivity index (χ0v) is 16.3. The molecular weight excluding hydrogens is 392 g/mol. The summed E-state index contributed by atoms with van der Waals surface area (Å²) in [4.78, 5) is 23.6. The molecule has 0 aromatic heterocycles. The summed E-state index contributed by atoms with van der Waals surface area (Å²) >= 11 is 0. The minimum Gasteiger partial charge on any atom is -0.457 e. The smallest absolute Gasteiger partial charge is 0.264 e. The van der Waals surface area contributed by atoms with E-state index in [-0.39, 0.29) is 4.90 Å². The van der Waals surface area contributed by atoms with Gasteiger partial charge in [0.1, 0.15) is 11.5 Å². The van der Waals surface area contributed by atoms with Crippen molar-refractivity contribution in [2.24, 2.45) is 0 Å². The van der Waals surface area contributed by atoms with Gasteiger partial charge in [0, 0.05) is 12.6 Å². The Bertz CT molecular complexity index is 1130. The third-order valence-electron chi connectivity index (χ3n) is 3.80. The van der Waals surface area contributed by atoms with Crippen LogP contribution in [-0.4, -0.2) is 20.2 Å². The van der Waals surface area contributed by atoms with E-state index in [9.17, 15) is 18.0 Å². The van der Waals surface area contributed by atoms with E-state index in [1.165, 1.54) is 24.3 Å². The van der Waals surface area contributed by atoms with Gasteiger partial charge in [0.05, 0.1) is 10.5 Å². The number of sulfonamides is 1. The third-order valence-corrected chi connectivity index (χ3v) is 5.25. The first-order chi connectivity index (χ1) is 13.8. The predicted octanol–water partition coefficient (Wildman–Crippen LogP) is 3.56. The van der Waals surface area contributed by atoms with Gasteiger partial charge in [-0.25, -0.2) is 13.1 Å². The number of benzene rings is 3. The summed E-state index contributed by atoms with van der Waals surface area (Å²) in [6.45, 7) is 1.11. The van der Waals surface area contributed by atoms with E-state index >= 15 is 0 Å². The molecule has 2 N–H and O–H groups in total. The molecule has 2 amide bonds. The fourth-order valence-electron chi connectivity index (χ4n) is 2.52. The standard InChI is InChI=1S/C21H18N2O5S/c1-15(24)23-29(26,27)18-13-11-16(12-14-18)22-21(25)19-9-5-6-10-20(19)28-17-7-3-2-4-8-17/h2-14H,1H3,(H,22,25)(H,23,24). The molecule has 29 heavy (non-hydrogen) atoms. The zero-order valence-electron chi connectivity index (χ0n) is 15.5. The number of hydrogen-bond donors (Lipinski definition) is 2. The van der Waals surface area contributed by atoms with Crippen molar-refractivity contribution in [1.29, 1.82) is 0 Å². The van der Waals surface area contributed by atoms with Crippen molar-refractivity contribution in [3.8, 4) is 11.5 Å². The molecule has 0 saturated heterocycles. The molecular formula is C21H18N2O5S. The van der Waals surface area contributed by atoms with Gasteiger partial charge in [0.15, 0.2) is 0 Å². The molecule has 0 unspecified atom stereocenters. The van der Waals surface area contributed by atoms with Crippen molar-refractivity contribution >= 4 is 27.5 Å². The summed E-state index contributed by atoms with van der Waals surface area (Å²) in [6.07, 6.45) is 0. The number of rotatable bonds is 6. The normalized spacial score (nSPS) is 10.8. The molecule has 0 heterocycles. The largest absolute Gasteiger partial charge is 0.457 e. The van der Waals surface area contributed by atoms with E-state index < -0.39 is 21.8 Å². The van der Waals surface area contributed by atoms with E-state index in [2.05, 4.69) is 5.32 Å². The second kappa shape index (κ2) is 8.57. The lowest BCUT2D eigenvalue weighted by molar-refractivity contribution is -0.117. The fourth-order valence-corrected chi connectivity index (χ4v) is 3.51. The Morgan fingerprint density at radius 1 is 0.828 bits per heavy atom. The lowest BCUT2D eigenvalue weighted by atomic mass is 10.2. The van der Waals surface area contributed by atoms with E-state index in [0.29, 0.717) is 22.7 Å². The second-order valence-corrected chi connectivity index (χ2v) is 7.73. The summed E-state index contributed by atoms with van der Waals surface area (Å²) in [5, 5.41) is 2.70. The number of carbonyl (C=O) groups is 2. The molecule has 7 nitrogen and oxygen atoms in total. The molecule has 148 valence electrons. The van der Waals surface area contributed by atoms with Crippen molar-refractivity contribution in [3.63, 3.8) is 0 Å².